The fraction of sp³-hybridized carbons (Fsp3) is 1.00. The molecule has 0 aromatic carbocycles. The van der Waals surface area contributed by atoms with E-state index in [4.69, 9.17) is 5.73 Å². The maximum atomic E-state index is 5.53. The van der Waals surface area contributed by atoms with E-state index >= 15 is 0 Å². The lowest BCUT2D eigenvalue weighted by Gasteiger charge is -2.23. The number of nitrogens with two attached hydrogens (primary N) is 1. The van der Waals surface area contributed by atoms with Crippen LogP contribution in [-0.2, 0) is 0 Å². The molecule has 0 aromatic rings. The molecule has 1 unspecified atom stereocenters. The molecule has 0 fully saturated rings. The molecule has 0 spiro atoms. The number of nitrogens with one attached hydrogen (secondary N) is 1. The van der Waals surface area contributed by atoms with Gasteiger partial charge in [-0.05, 0) is 37.6 Å². The molecule has 14 heavy (non-hydrogen) atoms. The van der Waals surface area contributed by atoms with Crippen LogP contribution in [0.25, 0.3) is 0 Å². The minimum Gasteiger partial charge on any atom is -0.329 e. The van der Waals surface area contributed by atoms with Crippen molar-refractivity contribution in [2.75, 3.05) is 13.1 Å². The van der Waals surface area contributed by atoms with Crippen LogP contribution in [0.5, 0.6) is 0 Å². The Hall–Kier alpha value is -0.0800. The predicted octanol–water partition coefficient (Wildman–Crippen LogP) is 2.39. The predicted molar refractivity (Wildman–Crippen MR) is 64.4 cm³/mol. The maximum Gasteiger partial charge on any atom is 0.0161 e. The molecule has 0 aliphatic rings. The molecule has 0 bridgehead atoms. The Labute approximate surface area is 89.6 Å². The summed E-state index contributed by atoms with van der Waals surface area (Å²) in [5.41, 5.74) is 5.99. The van der Waals surface area contributed by atoms with E-state index in [0.717, 1.165) is 19.0 Å². The van der Waals surface area contributed by atoms with Crippen LogP contribution in [0.15, 0.2) is 0 Å². The van der Waals surface area contributed by atoms with E-state index in [2.05, 4.69) is 39.9 Å². The quantitative estimate of drug-likeness (QED) is 0.691. The van der Waals surface area contributed by atoms with Gasteiger partial charge in [-0.25, -0.2) is 0 Å². The third-order valence-electron chi connectivity index (χ3n) is 2.44. The van der Waals surface area contributed by atoms with Crippen LogP contribution in [0.4, 0.5) is 0 Å². The van der Waals surface area contributed by atoms with Gasteiger partial charge in [0.25, 0.3) is 0 Å². The average Bonchev–Trinajstić information content (AvgIpc) is 2.00. The van der Waals surface area contributed by atoms with E-state index in [1.54, 1.807) is 0 Å². The molecule has 0 saturated heterocycles. The summed E-state index contributed by atoms with van der Waals surface area (Å²) in [5, 5.41) is 3.42. The van der Waals surface area contributed by atoms with E-state index in [1.165, 1.54) is 12.8 Å². The molecule has 0 radical (unpaired) electrons. The average molecular weight is 200 g/mol. The van der Waals surface area contributed by atoms with Gasteiger partial charge in [0.2, 0.25) is 0 Å². The van der Waals surface area contributed by atoms with Crippen molar-refractivity contribution in [1.29, 1.82) is 0 Å². The molecule has 0 saturated carbocycles. The molecule has 0 amide bonds. The number of hydrogen-bond acceptors (Lipinski definition) is 2. The second-order valence-corrected chi connectivity index (χ2v) is 5.75. The van der Waals surface area contributed by atoms with Crippen LogP contribution in [0.1, 0.15) is 47.5 Å². The molecule has 3 N–H and O–H groups in total. The van der Waals surface area contributed by atoms with Crippen molar-refractivity contribution in [1.82, 2.24) is 5.32 Å². The summed E-state index contributed by atoms with van der Waals surface area (Å²) in [4.78, 5) is 0. The lowest BCUT2D eigenvalue weighted by atomic mass is 9.84. The standard InChI is InChI=1S/C12H28N2/c1-10(8-12(3,4)5)6-7-14-11(2)9-13/h10-11,14H,6-9,13H2,1-5H3/t10?,11-/m0/s1. The Morgan fingerprint density at radius 3 is 2.21 bits per heavy atom. The zero-order chi connectivity index (χ0) is 11.2. The van der Waals surface area contributed by atoms with Crippen LogP contribution in [0, 0.1) is 11.3 Å². The summed E-state index contributed by atoms with van der Waals surface area (Å²) in [6.07, 6.45) is 2.55. The van der Waals surface area contributed by atoms with Gasteiger partial charge in [0.1, 0.15) is 0 Å². The molecule has 86 valence electrons. The molecular formula is C12H28N2. The second-order valence-electron chi connectivity index (χ2n) is 5.75. The first kappa shape index (κ1) is 13.9. The first-order chi connectivity index (χ1) is 6.35. The van der Waals surface area contributed by atoms with Crippen LogP contribution in [0.2, 0.25) is 0 Å². The molecule has 0 heterocycles. The first-order valence-corrected chi connectivity index (χ1v) is 5.78. The topological polar surface area (TPSA) is 38.0 Å². The van der Waals surface area contributed by atoms with E-state index in [-0.39, 0.29) is 0 Å². The van der Waals surface area contributed by atoms with E-state index in [9.17, 15) is 0 Å². The highest BCUT2D eigenvalue weighted by atomic mass is 14.9. The van der Waals surface area contributed by atoms with Gasteiger partial charge in [0.15, 0.2) is 0 Å². The second kappa shape index (κ2) is 6.41. The van der Waals surface area contributed by atoms with E-state index in [0.29, 0.717) is 11.5 Å². The van der Waals surface area contributed by atoms with Crippen molar-refractivity contribution in [3.8, 4) is 0 Å². The van der Waals surface area contributed by atoms with Crippen molar-refractivity contribution in [3.63, 3.8) is 0 Å². The van der Waals surface area contributed by atoms with Crippen molar-refractivity contribution < 1.29 is 0 Å². The molecule has 0 aliphatic heterocycles. The Morgan fingerprint density at radius 1 is 1.21 bits per heavy atom. The summed E-state index contributed by atoms with van der Waals surface area (Å²) in [6, 6.07) is 0.455. The zero-order valence-corrected chi connectivity index (χ0v) is 10.6. The first-order valence-electron chi connectivity index (χ1n) is 5.78. The lowest BCUT2D eigenvalue weighted by Crippen LogP contribution is -2.34. The van der Waals surface area contributed by atoms with Crippen LogP contribution < -0.4 is 11.1 Å². The van der Waals surface area contributed by atoms with Crippen molar-refractivity contribution in [2.45, 2.75) is 53.5 Å². The van der Waals surface area contributed by atoms with Gasteiger partial charge in [-0.15, -0.1) is 0 Å². The van der Waals surface area contributed by atoms with Crippen molar-refractivity contribution in [3.05, 3.63) is 0 Å². The Bertz CT molecular complexity index is 138. The van der Waals surface area contributed by atoms with Gasteiger partial charge in [-0.3, -0.25) is 0 Å². The van der Waals surface area contributed by atoms with Crippen LogP contribution >= 0.6 is 0 Å². The summed E-state index contributed by atoms with van der Waals surface area (Å²) in [6.45, 7) is 13.2. The molecule has 0 aromatic heterocycles. The largest absolute Gasteiger partial charge is 0.329 e. The lowest BCUT2D eigenvalue weighted by molar-refractivity contribution is 0.293. The molecule has 2 atom stereocenters. The normalized spacial score (nSPS) is 16.7. The zero-order valence-electron chi connectivity index (χ0n) is 10.6. The third-order valence-corrected chi connectivity index (χ3v) is 2.44. The SMILES string of the molecule is CC(CCN[C@@H](C)CN)CC(C)(C)C. The van der Waals surface area contributed by atoms with Gasteiger partial charge in [0, 0.05) is 12.6 Å². The molecule has 2 heteroatoms. The highest BCUT2D eigenvalue weighted by Crippen LogP contribution is 2.25. The van der Waals surface area contributed by atoms with Crippen molar-refractivity contribution >= 4 is 0 Å². The highest BCUT2D eigenvalue weighted by Gasteiger charge is 2.14. The van der Waals surface area contributed by atoms with Gasteiger partial charge in [0.05, 0.1) is 0 Å². The minimum absolute atomic E-state index is 0.455. The highest BCUT2D eigenvalue weighted by molar-refractivity contribution is 4.68. The fourth-order valence-corrected chi connectivity index (χ4v) is 1.81. The van der Waals surface area contributed by atoms with Crippen LogP contribution in [0.3, 0.4) is 0 Å². The van der Waals surface area contributed by atoms with Crippen molar-refractivity contribution in [2.24, 2.45) is 17.1 Å². The van der Waals surface area contributed by atoms with E-state index in [1.807, 2.05) is 0 Å². The summed E-state index contributed by atoms with van der Waals surface area (Å²) in [7, 11) is 0. The Kier molecular flexibility index (Phi) is 6.38. The summed E-state index contributed by atoms with van der Waals surface area (Å²) < 4.78 is 0. The molecular weight excluding hydrogens is 172 g/mol. The Balaban J connectivity index is 3.50. The van der Waals surface area contributed by atoms with Crippen LogP contribution in [-0.4, -0.2) is 19.1 Å². The minimum atomic E-state index is 0.455. The molecule has 0 rings (SSSR count). The molecule has 2 nitrogen and oxygen atoms in total. The van der Waals surface area contributed by atoms with Gasteiger partial charge in [-0.2, -0.15) is 0 Å². The van der Waals surface area contributed by atoms with Gasteiger partial charge < -0.3 is 11.1 Å². The van der Waals surface area contributed by atoms with Gasteiger partial charge in [-0.1, -0.05) is 27.7 Å². The monoisotopic (exact) mass is 200 g/mol. The summed E-state index contributed by atoms with van der Waals surface area (Å²) in [5.74, 6) is 0.799. The third kappa shape index (κ3) is 8.52. The molecule has 0 aliphatic carbocycles. The maximum absolute atomic E-state index is 5.53. The van der Waals surface area contributed by atoms with E-state index < -0.39 is 0 Å². The van der Waals surface area contributed by atoms with Gasteiger partial charge >= 0.3 is 0 Å². The number of hydrogen-bond donors (Lipinski definition) is 2. The fourth-order valence-electron chi connectivity index (χ4n) is 1.81. The summed E-state index contributed by atoms with van der Waals surface area (Å²) >= 11 is 0. The Morgan fingerprint density at radius 2 is 1.79 bits per heavy atom. The number of rotatable bonds is 6. The smallest absolute Gasteiger partial charge is 0.0161 e.